The second kappa shape index (κ2) is 7.95. The van der Waals surface area contributed by atoms with Crippen LogP contribution in [-0.4, -0.2) is 52.1 Å². The summed E-state index contributed by atoms with van der Waals surface area (Å²) in [7, 11) is -5.56. The molecular weight excluding hydrogens is 348 g/mol. The molecule has 1 aromatic carbocycles. The molecule has 0 atom stereocenters. The number of piperidine rings is 1. The van der Waals surface area contributed by atoms with E-state index in [1.54, 1.807) is 7.05 Å². The Bertz CT molecular complexity index is 737. The molecule has 1 fully saturated rings. The zero-order chi connectivity index (χ0) is 17.8. The summed E-state index contributed by atoms with van der Waals surface area (Å²) in [5.41, 5.74) is 0. The Hall–Kier alpha value is -0.960. The lowest BCUT2D eigenvalue weighted by molar-refractivity contribution is 0.346. The normalized spacial score (nSPS) is 17.3. The zero-order valence-electron chi connectivity index (χ0n) is 14.3. The lowest BCUT2D eigenvalue weighted by Crippen LogP contribution is -2.35. The maximum absolute atomic E-state index is 12.6. The molecule has 0 spiro atoms. The van der Waals surface area contributed by atoms with Crippen LogP contribution in [0.5, 0.6) is 0 Å². The molecule has 0 unspecified atom stereocenters. The van der Waals surface area contributed by atoms with Crippen molar-refractivity contribution in [3.63, 3.8) is 0 Å². The molecule has 1 aromatic rings. The Kier molecular flexibility index (Phi) is 6.41. The molecule has 136 valence electrons. The van der Waals surface area contributed by atoms with Crippen molar-refractivity contribution in [2.45, 2.75) is 48.8 Å². The molecule has 0 aromatic heterocycles. The number of sulfonamides is 2. The fourth-order valence-electron chi connectivity index (χ4n) is 2.72. The van der Waals surface area contributed by atoms with Gasteiger partial charge < -0.3 is 0 Å². The van der Waals surface area contributed by atoms with Gasteiger partial charge in [-0.15, -0.1) is 0 Å². The topological polar surface area (TPSA) is 74.8 Å². The monoisotopic (exact) mass is 374 g/mol. The van der Waals surface area contributed by atoms with E-state index in [4.69, 9.17) is 0 Å². The minimum Gasteiger partial charge on any atom is -0.207 e. The fraction of sp³-hybridized carbons (Fsp3) is 0.625. The standard InChI is InChI=1S/C16H26N2O4S2/c1-3-4-12-17(2)23(19,20)15-8-10-16(11-9-15)24(21,22)18-13-6-5-7-14-18/h8-11H,3-7,12-14H2,1-2H3. The van der Waals surface area contributed by atoms with Crippen LogP contribution in [0.15, 0.2) is 34.1 Å². The van der Waals surface area contributed by atoms with Crippen molar-refractivity contribution < 1.29 is 16.8 Å². The van der Waals surface area contributed by atoms with Gasteiger partial charge in [-0.25, -0.2) is 21.1 Å². The molecule has 24 heavy (non-hydrogen) atoms. The summed E-state index contributed by atoms with van der Waals surface area (Å²) >= 11 is 0. The minimum atomic E-state index is -3.57. The van der Waals surface area contributed by atoms with Crippen molar-refractivity contribution in [1.82, 2.24) is 8.61 Å². The van der Waals surface area contributed by atoms with Crippen LogP contribution in [0.1, 0.15) is 39.0 Å². The summed E-state index contributed by atoms with van der Waals surface area (Å²) in [4.78, 5) is 0.276. The molecule has 1 aliphatic heterocycles. The first kappa shape index (κ1) is 19.4. The van der Waals surface area contributed by atoms with Gasteiger partial charge in [0.15, 0.2) is 0 Å². The highest BCUT2D eigenvalue weighted by Gasteiger charge is 2.27. The van der Waals surface area contributed by atoms with E-state index in [0.717, 1.165) is 32.1 Å². The summed E-state index contributed by atoms with van der Waals surface area (Å²) in [6.07, 6.45) is 4.49. The van der Waals surface area contributed by atoms with Crippen molar-refractivity contribution in [1.29, 1.82) is 0 Å². The number of hydrogen-bond donors (Lipinski definition) is 0. The summed E-state index contributed by atoms with van der Waals surface area (Å²) in [5.74, 6) is 0. The van der Waals surface area contributed by atoms with Crippen molar-refractivity contribution in [2.24, 2.45) is 0 Å². The lowest BCUT2D eigenvalue weighted by atomic mass is 10.2. The van der Waals surface area contributed by atoms with Crippen molar-refractivity contribution in [3.05, 3.63) is 24.3 Å². The third-order valence-electron chi connectivity index (χ3n) is 4.31. The first-order valence-corrected chi connectivity index (χ1v) is 11.2. The summed E-state index contributed by atoms with van der Waals surface area (Å²) in [5, 5.41) is 0. The van der Waals surface area contributed by atoms with Gasteiger partial charge >= 0.3 is 0 Å². The van der Waals surface area contributed by atoms with E-state index in [-0.39, 0.29) is 9.79 Å². The molecule has 0 bridgehead atoms. The Morgan fingerprint density at radius 3 is 2.04 bits per heavy atom. The van der Waals surface area contributed by atoms with Gasteiger partial charge in [-0.3, -0.25) is 0 Å². The lowest BCUT2D eigenvalue weighted by Gasteiger charge is -2.26. The Morgan fingerprint density at radius 2 is 1.50 bits per heavy atom. The molecule has 0 aliphatic carbocycles. The predicted octanol–water partition coefficient (Wildman–Crippen LogP) is 2.28. The highest BCUT2D eigenvalue weighted by atomic mass is 32.2. The zero-order valence-corrected chi connectivity index (χ0v) is 15.9. The van der Waals surface area contributed by atoms with Crippen LogP contribution < -0.4 is 0 Å². The van der Waals surface area contributed by atoms with Crippen LogP contribution in [0, 0.1) is 0 Å². The maximum Gasteiger partial charge on any atom is 0.243 e. The molecular formula is C16H26N2O4S2. The minimum absolute atomic E-state index is 0.124. The van der Waals surface area contributed by atoms with Crippen LogP contribution in [-0.2, 0) is 20.0 Å². The highest BCUT2D eigenvalue weighted by molar-refractivity contribution is 7.89. The number of nitrogens with zero attached hydrogens (tertiary/aromatic N) is 2. The SMILES string of the molecule is CCCCN(C)S(=O)(=O)c1ccc(S(=O)(=O)N2CCCCC2)cc1. The Morgan fingerprint density at radius 1 is 0.958 bits per heavy atom. The molecule has 1 aliphatic rings. The van der Waals surface area contributed by atoms with Gasteiger partial charge in [0, 0.05) is 26.7 Å². The van der Waals surface area contributed by atoms with Gasteiger partial charge in [0.2, 0.25) is 20.0 Å². The van der Waals surface area contributed by atoms with E-state index >= 15 is 0 Å². The largest absolute Gasteiger partial charge is 0.243 e. The molecule has 8 heteroatoms. The van der Waals surface area contributed by atoms with E-state index in [1.807, 2.05) is 6.92 Å². The molecule has 2 rings (SSSR count). The molecule has 0 saturated carbocycles. The van der Waals surface area contributed by atoms with Crippen LogP contribution in [0.3, 0.4) is 0 Å². The van der Waals surface area contributed by atoms with Gasteiger partial charge in [-0.05, 0) is 43.5 Å². The highest BCUT2D eigenvalue weighted by Crippen LogP contribution is 2.23. The van der Waals surface area contributed by atoms with Crippen molar-refractivity contribution in [3.8, 4) is 0 Å². The number of unbranched alkanes of at least 4 members (excludes halogenated alkanes) is 1. The van der Waals surface area contributed by atoms with Gasteiger partial charge in [0.1, 0.15) is 0 Å². The molecule has 0 radical (unpaired) electrons. The van der Waals surface area contributed by atoms with Gasteiger partial charge in [-0.1, -0.05) is 19.8 Å². The van der Waals surface area contributed by atoms with Gasteiger partial charge in [-0.2, -0.15) is 4.31 Å². The van der Waals surface area contributed by atoms with Crippen LogP contribution >= 0.6 is 0 Å². The van der Waals surface area contributed by atoms with E-state index in [2.05, 4.69) is 0 Å². The third-order valence-corrected chi connectivity index (χ3v) is 8.10. The second-order valence-electron chi connectivity index (χ2n) is 6.12. The van der Waals surface area contributed by atoms with E-state index in [1.165, 1.54) is 32.9 Å². The van der Waals surface area contributed by atoms with Crippen LogP contribution in [0.4, 0.5) is 0 Å². The summed E-state index contributed by atoms with van der Waals surface area (Å²) in [6.45, 7) is 3.51. The average Bonchev–Trinajstić information content (AvgIpc) is 2.60. The quantitative estimate of drug-likeness (QED) is 0.734. The van der Waals surface area contributed by atoms with E-state index in [0.29, 0.717) is 19.6 Å². The molecule has 0 amide bonds. The molecule has 0 N–H and O–H groups in total. The van der Waals surface area contributed by atoms with Crippen molar-refractivity contribution in [2.75, 3.05) is 26.7 Å². The van der Waals surface area contributed by atoms with Crippen LogP contribution in [0.2, 0.25) is 0 Å². The maximum atomic E-state index is 12.6. The number of benzene rings is 1. The molecule has 1 heterocycles. The number of rotatable bonds is 7. The Balaban J connectivity index is 2.21. The molecule has 6 nitrogen and oxygen atoms in total. The van der Waals surface area contributed by atoms with Crippen LogP contribution in [0.25, 0.3) is 0 Å². The number of hydrogen-bond acceptors (Lipinski definition) is 4. The Labute approximate surface area is 145 Å². The van der Waals surface area contributed by atoms with E-state index in [9.17, 15) is 16.8 Å². The predicted molar refractivity (Wildman–Crippen MR) is 93.8 cm³/mol. The van der Waals surface area contributed by atoms with Gasteiger partial charge in [0.25, 0.3) is 0 Å². The smallest absolute Gasteiger partial charge is 0.207 e. The summed E-state index contributed by atoms with van der Waals surface area (Å²) < 4.78 is 52.9. The second-order valence-corrected chi connectivity index (χ2v) is 10.1. The summed E-state index contributed by atoms with van der Waals surface area (Å²) in [6, 6.07) is 5.55. The average molecular weight is 375 g/mol. The molecule has 1 saturated heterocycles. The third kappa shape index (κ3) is 4.17. The first-order valence-electron chi connectivity index (χ1n) is 8.36. The fourth-order valence-corrected chi connectivity index (χ4v) is 5.45. The van der Waals surface area contributed by atoms with E-state index < -0.39 is 20.0 Å². The first-order chi connectivity index (χ1) is 11.3. The van der Waals surface area contributed by atoms with Crippen molar-refractivity contribution >= 4 is 20.0 Å². The van der Waals surface area contributed by atoms with Gasteiger partial charge in [0.05, 0.1) is 9.79 Å².